The molecule has 6 heterocycles. The molecule has 0 unspecified atom stereocenters. The van der Waals surface area contributed by atoms with E-state index in [2.05, 4.69) is 38.7 Å². The lowest BCUT2D eigenvalue weighted by Gasteiger charge is -2.35. The number of hydrogen-bond donors (Lipinski definition) is 3. The van der Waals surface area contributed by atoms with Crippen LogP contribution in [0.5, 0.6) is 11.5 Å². The van der Waals surface area contributed by atoms with Crippen LogP contribution < -0.4 is 25.2 Å². The number of carbonyl (C=O) groups excluding carboxylic acids is 4. The van der Waals surface area contributed by atoms with E-state index >= 15 is 0 Å². The quantitative estimate of drug-likeness (QED) is 0.136. The number of carbonyl (C=O) groups is 4. The number of aromatic nitrogens is 4. The summed E-state index contributed by atoms with van der Waals surface area (Å²) in [6, 6.07) is 12.1. The molecule has 16 nitrogen and oxygen atoms in total. The molecule has 0 atom stereocenters. The van der Waals surface area contributed by atoms with Crippen LogP contribution in [0.25, 0.3) is 33.5 Å². The highest BCUT2D eigenvalue weighted by atomic mass is 35.5. The molecule has 3 N–H and O–H groups in total. The minimum absolute atomic E-state index is 0.106. The van der Waals surface area contributed by atoms with Gasteiger partial charge in [-0.2, -0.15) is 0 Å². The van der Waals surface area contributed by atoms with Gasteiger partial charge >= 0.3 is 0 Å². The lowest BCUT2D eigenvalue weighted by atomic mass is 10.0. The lowest BCUT2D eigenvalue weighted by molar-refractivity contribution is -0.127. The standard InChI is InChI=1S/C23H23ClFN5O3.C23H24FN5O3/c1-4-20(32)28-8-10-29(11-9-28)23-22(26-14(2)31)27-19-12-15(16(24)13-30(19)23)21-17(25)6-5-7-18(21)33-3;1-4-20(32)27-8-10-28(11-9-27)23-22(25-15(3)30)26-19-12-16(14(2)13-29(19)23)21-17(24)6-5-7-18(21)31/h4-7,12-13H,1,8-11H2,2-3H3,(H,26,31);4-7,12-13,31H,1,8-11H2,2-3H3,(H,25,30). The molecule has 2 saturated heterocycles. The van der Waals surface area contributed by atoms with Crippen molar-refractivity contribution in [3.8, 4) is 33.8 Å². The third-order valence-corrected chi connectivity index (χ3v) is 11.4. The van der Waals surface area contributed by atoms with Crippen molar-refractivity contribution in [3.63, 3.8) is 0 Å². The van der Waals surface area contributed by atoms with Crippen molar-refractivity contribution < 1.29 is 37.8 Å². The number of nitrogens with one attached hydrogen (secondary N) is 2. The first kappa shape index (κ1) is 45.6. The molecule has 0 saturated carbocycles. The number of hydrogen-bond acceptors (Lipinski definition) is 10. The van der Waals surface area contributed by atoms with Crippen molar-refractivity contribution in [2.75, 3.05) is 79.9 Å². The number of aromatic hydroxyl groups is 1. The van der Waals surface area contributed by atoms with E-state index < -0.39 is 11.6 Å². The number of nitrogens with zero attached hydrogens (tertiary/aromatic N) is 8. The number of phenols is 1. The van der Waals surface area contributed by atoms with Crippen LogP contribution in [0, 0.1) is 18.6 Å². The second-order valence-electron chi connectivity index (χ2n) is 15.3. The van der Waals surface area contributed by atoms with Crippen LogP contribution >= 0.6 is 11.6 Å². The van der Waals surface area contributed by atoms with E-state index in [0.29, 0.717) is 109 Å². The molecule has 6 aromatic rings. The van der Waals surface area contributed by atoms with Crippen molar-refractivity contribution >= 4 is 69.8 Å². The van der Waals surface area contributed by atoms with Gasteiger partial charge in [0.15, 0.2) is 23.3 Å². The van der Waals surface area contributed by atoms with Crippen molar-refractivity contribution in [3.05, 3.63) is 108 Å². The fraction of sp³-hybridized carbons (Fsp3) is 0.261. The van der Waals surface area contributed by atoms with Crippen LogP contribution in [-0.4, -0.2) is 117 Å². The van der Waals surface area contributed by atoms with Gasteiger partial charge in [-0.3, -0.25) is 28.0 Å². The minimum Gasteiger partial charge on any atom is -0.507 e. The van der Waals surface area contributed by atoms with E-state index in [1.165, 1.54) is 57.4 Å². The Kier molecular flexibility index (Phi) is 13.4. The monoisotopic (exact) mass is 908 g/mol. The zero-order valence-corrected chi connectivity index (χ0v) is 37.0. The molecule has 0 spiro atoms. The Labute approximate surface area is 378 Å². The number of fused-ring (bicyclic) bond motifs is 2. The van der Waals surface area contributed by atoms with Crippen LogP contribution in [0.2, 0.25) is 5.02 Å². The summed E-state index contributed by atoms with van der Waals surface area (Å²) in [7, 11) is 1.46. The van der Waals surface area contributed by atoms with Crippen LogP contribution in [0.4, 0.5) is 32.1 Å². The van der Waals surface area contributed by atoms with Gasteiger partial charge in [0.25, 0.3) is 0 Å². The first-order chi connectivity index (χ1) is 31.1. The van der Waals surface area contributed by atoms with Crippen LogP contribution in [0.15, 0.2) is 86.2 Å². The summed E-state index contributed by atoms with van der Waals surface area (Å²) in [6.45, 7) is 15.9. The Morgan fingerprint density at radius 2 is 1.18 bits per heavy atom. The third kappa shape index (κ3) is 9.29. The van der Waals surface area contributed by atoms with Crippen molar-refractivity contribution in [1.29, 1.82) is 0 Å². The topological polar surface area (TPSA) is 169 Å². The van der Waals surface area contributed by atoms with E-state index in [-0.39, 0.29) is 40.5 Å². The number of piperazine rings is 2. The maximum Gasteiger partial charge on any atom is 0.246 e. The maximum atomic E-state index is 14.7. The molecule has 19 heteroatoms. The number of anilines is 4. The summed E-state index contributed by atoms with van der Waals surface area (Å²) < 4.78 is 38.1. The molecule has 0 bridgehead atoms. The second kappa shape index (κ2) is 19.1. The zero-order chi connectivity index (χ0) is 46.7. The van der Waals surface area contributed by atoms with Crippen LogP contribution in [-0.2, 0) is 19.2 Å². The first-order valence-electron chi connectivity index (χ1n) is 20.6. The number of imidazole rings is 2. The molecule has 2 aliphatic rings. The molecule has 2 fully saturated rings. The van der Waals surface area contributed by atoms with E-state index in [1.807, 2.05) is 22.4 Å². The smallest absolute Gasteiger partial charge is 0.246 e. The second-order valence-corrected chi connectivity index (χ2v) is 15.7. The largest absolute Gasteiger partial charge is 0.507 e. The molecular weight excluding hydrogens is 862 g/mol. The lowest BCUT2D eigenvalue weighted by Crippen LogP contribution is -2.48. The molecule has 65 heavy (non-hydrogen) atoms. The van der Waals surface area contributed by atoms with Gasteiger partial charge in [0.1, 0.15) is 34.4 Å². The Bertz CT molecular complexity index is 2840. The fourth-order valence-corrected chi connectivity index (χ4v) is 8.29. The SMILES string of the molecule is C=CC(=O)N1CCN(c2c(NC(C)=O)nc3cc(-c4c(F)cccc4OC)c(Cl)cn23)CC1.C=CC(=O)N1CCN(c2c(NC(C)=O)nc3cc(-c4c(O)cccc4F)c(C)cn23)CC1. The summed E-state index contributed by atoms with van der Waals surface area (Å²) in [5.41, 5.74) is 2.97. The summed E-state index contributed by atoms with van der Waals surface area (Å²) in [5, 5.41) is 16.1. The molecule has 4 amide bonds. The first-order valence-corrected chi connectivity index (χ1v) is 20.9. The number of phenolic OH excluding ortho intramolecular Hbond substituents is 1. The van der Waals surface area contributed by atoms with Gasteiger partial charge in [-0.1, -0.05) is 36.9 Å². The predicted octanol–water partition coefficient (Wildman–Crippen LogP) is 6.54. The van der Waals surface area contributed by atoms with Crippen LogP contribution in [0.1, 0.15) is 19.4 Å². The van der Waals surface area contributed by atoms with Gasteiger partial charge in [-0.15, -0.1) is 0 Å². The van der Waals surface area contributed by atoms with E-state index in [1.54, 1.807) is 44.7 Å². The normalized spacial score (nSPS) is 13.9. The summed E-state index contributed by atoms with van der Waals surface area (Å²) >= 11 is 6.61. The van der Waals surface area contributed by atoms with Crippen molar-refractivity contribution in [2.24, 2.45) is 0 Å². The van der Waals surface area contributed by atoms with Gasteiger partial charge < -0.3 is 40.1 Å². The maximum absolute atomic E-state index is 14.7. The summed E-state index contributed by atoms with van der Waals surface area (Å²) in [4.78, 5) is 64.2. The molecule has 2 aromatic carbocycles. The van der Waals surface area contributed by atoms with Crippen LogP contribution in [0.3, 0.4) is 0 Å². The fourth-order valence-electron chi connectivity index (χ4n) is 8.04. The number of amides is 4. The molecular formula is C46H47ClF2N10O6. The average Bonchev–Trinajstić information content (AvgIpc) is 3.80. The van der Waals surface area contributed by atoms with Crippen molar-refractivity contribution in [1.82, 2.24) is 28.6 Å². The summed E-state index contributed by atoms with van der Waals surface area (Å²) in [6.07, 6.45) is 6.05. The minimum atomic E-state index is -0.533. The van der Waals surface area contributed by atoms with Gasteiger partial charge in [0, 0.05) is 84.2 Å². The molecule has 0 aliphatic carbocycles. The number of halogens is 3. The highest BCUT2D eigenvalue weighted by Gasteiger charge is 2.29. The highest BCUT2D eigenvalue weighted by molar-refractivity contribution is 6.33. The molecule has 338 valence electrons. The third-order valence-electron chi connectivity index (χ3n) is 11.1. The Morgan fingerprint density at radius 1 is 0.723 bits per heavy atom. The number of methoxy groups -OCH3 is 1. The molecule has 2 aliphatic heterocycles. The van der Waals surface area contributed by atoms with E-state index in [4.69, 9.17) is 16.3 Å². The Balaban J connectivity index is 0.000000194. The molecule has 4 aromatic heterocycles. The average molecular weight is 909 g/mol. The van der Waals surface area contributed by atoms with Gasteiger partial charge in [0.2, 0.25) is 23.6 Å². The Hall–Kier alpha value is -7.47. The molecule has 8 rings (SSSR count). The number of rotatable bonds is 9. The van der Waals surface area contributed by atoms with Gasteiger partial charge in [-0.25, -0.2) is 18.7 Å². The van der Waals surface area contributed by atoms with Gasteiger partial charge in [0.05, 0.1) is 23.3 Å². The van der Waals surface area contributed by atoms with Gasteiger partial charge in [-0.05, 0) is 66.6 Å². The molecule has 0 radical (unpaired) electrons. The van der Waals surface area contributed by atoms with Crippen molar-refractivity contribution in [2.45, 2.75) is 20.8 Å². The number of aryl methyl sites for hydroxylation is 1. The predicted molar refractivity (Wildman–Crippen MR) is 246 cm³/mol. The van der Waals surface area contributed by atoms with E-state index in [0.717, 1.165) is 5.56 Å². The summed E-state index contributed by atoms with van der Waals surface area (Å²) in [5.74, 6) is 0.472. The Morgan fingerprint density at radius 3 is 1.65 bits per heavy atom. The van der Waals surface area contributed by atoms with E-state index in [9.17, 15) is 33.1 Å². The highest BCUT2D eigenvalue weighted by Crippen LogP contribution is 2.40. The number of ether oxygens (including phenoxy) is 1. The number of pyridine rings is 2. The zero-order valence-electron chi connectivity index (χ0n) is 36.2. The number of benzene rings is 2.